The van der Waals surface area contributed by atoms with Crippen LogP contribution in [0.1, 0.15) is 18.4 Å². The normalized spacial score (nSPS) is 19.2. The van der Waals surface area contributed by atoms with E-state index in [1.807, 2.05) is 12.2 Å². The van der Waals surface area contributed by atoms with Crippen LogP contribution in [-0.2, 0) is 30.3 Å². The van der Waals surface area contributed by atoms with Crippen LogP contribution in [0.2, 0.25) is 0 Å². The fraction of sp³-hybridized carbons (Fsp3) is 0.308. The molecule has 0 spiro atoms. The van der Waals surface area contributed by atoms with Crippen molar-refractivity contribution in [3.05, 3.63) is 76.4 Å². The van der Waals surface area contributed by atoms with Crippen molar-refractivity contribution < 1.29 is 33.6 Å². The molecule has 11 nitrogen and oxygen atoms in total. The number of likely N-dealkylation sites (tertiary alicyclic amines) is 1. The van der Waals surface area contributed by atoms with Crippen LogP contribution in [0.3, 0.4) is 0 Å². The predicted octanol–water partition coefficient (Wildman–Crippen LogP) is 2.65. The molecule has 1 saturated heterocycles. The number of nitrogens with zero attached hydrogens (tertiary/aromatic N) is 2. The molecule has 192 valence electrons. The summed E-state index contributed by atoms with van der Waals surface area (Å²) in [6, 6.07) is 11.4. The van der Waals surface area contributed by atoms with E-state index in [1.165, 1.54) is 25.3 Å². The first-order valence-electron chi connectivity index (χ1n) is 11.6. The van der Waals surface area contributed by atoms with Crippen molar-refractivity contribution in [1.29, 1.82) is 0 Å². The largest absolute Gasteiger partial charge is 0.497 e. The number of ether oxygens (including phenoxy) is 2. The highest BCUT2D eigenvalue weighted by Gasteiger charge is 2.51. The van der Waals surface area contributed by atoms with Crippen LogP contribution >= 0.6 is 0 Å². The number of hydrogen-bond donors (Lipinski definition) is 1. The zero-order chi connectivity index (χ0) is 26.5. The number of benzene rings is 2. The molecule has 37 heavy (non-hydrogen) atoms. The highest BCUT2D eigenvalue weighted by molar-refractivity contribution is 6.08. The predicted molar refractivity (Wildman–Crippen MR) is 130 cm³/mol. The van der Waals surface area contributed by atoms with Crippen LogP contribution in [0.25, 0.3) is 0 Å². The quantitative estimate of drug-likeness (QED) is 0.179. The van der Waals surface area contributed by atoms with Crippen molar-refractivity contribution in [2.24, 2.45) is 11.8 Å². The Morgan fingerprint density at radius 2 is 1.73 bits per heavy atom. The van der Waals surface area contributed by atoms with Crippen LogP contribution < -0.4 is 10.1 Å². The number of nitrogens with one attached hydrogen (secondary N) is 1. The van der Waals surface area contributed by atoms with E-state index in [0.29, 0.717) is 18.4 Å². The Bertz CT molecular complexity index is 1230. The summed E-state index contributed by atoms with van der Waals surface area (Å²) in [5.41, 5.74) is 0.203. The molecule has 0 unspecified atom stereocenters. The lowest BCUT2D eigenvalue weighted by Crippen LogP contribution is -2.48. The molecule has 1 heterocycles. The molecule has 0 saturated carbocycles. The van der Waals surface area contributed by atoms with Crippen LogP contribution in [0.5, 0.6) is 5.75 Å². The molecule has 3 atom stereocenters. The van der Waals surface area contributed by atoms with Crippen molar-refractivity contribution in [3.8, 4) is 5.75 Å². The standard InChI is InChI=1S/C26H25N3O8/c1-36-17-11-12-21(29(34)35)20(14-17)27-23(30)15-37-26(33)22(13-16-7-3-2-4-8-16)28-24(31)18-9-5-6-10-19(18)25(28)32/h2-8,11-12,14,18-19,22H,9-10,13,15H2,1H3,(H,27,30)/t18-,19-,22-/m0/s1. The number of fused-ring (bicyclic) bond motifs is 1. The fourth-order valence-corrected chi connectivity index (χ4v) is 4.57. The second-order valence-electron chi connectivity index (χ2n) is 8.70. The van der Waals surface area contributed by atoms with Gasteiger partial charge in [-0.2, -0.15) is 0 Å². The monoisotopic (exact) mass is 507 g/mol. The van der Waals surface area contributed by atoms with Crippen molar-refractivity contribution in [2.75, 3.05) is 19.0 Å². The number of nitro groups is 1. The van der Waals surface area contributed by atoms with Gasteiger partial charge in [0.15, 0.2) is 6.61 Å². The van der Waals surface area contributed by atoms with Gasteiger partial charge in [-0.1, -0.05) is 42.5 Å². The molecule has 0 aromatic heterocycles. The second kappa shape index (κ2) is 11.0. The van der Waals surface area contributed by atoms with Gasteiger partial charge >= 0.3 is 5.97 Å². The van der Waals surface area contributed by atoms with Gasteiger partial charge < -0.3 is 14.8 Å². The fourth-order valence-electron chi connectivity index (χ4n) is 4.57. The van der Waals surface area contributed by atoms with Gasteiger partial charge in [0.1, 0.15) is 17.5 Å². The molecule has 1 aliphatic heterocycles. The Hall–Kier alpha value is -4.54. The summed E-state index contributed by atoms with van der Waals surface area (Å²) in [6.07, 6.45) is 4.55. The average Bonchev–Trinajstić information content (AvgIpc) is 3.16. The van der Waals surface area contributed by atoms with Crippen LogP contribution in [0, 0.1) is 22.0 Å². The SMILES string of the molecule is COc1ccc([N+](=O)[O-])c(NC(=O)COC(=O)[C@H](Cc2ccccc2)N2C(=O)[C@H]3CC=CC[C@@H]3C2=O)c1. The van der Waals surface area contributed by atoms with Crippen LogP contribution in [0.4, 0.5) is 11.4 Å². The van der Waals surface area contributed by atoms with E-state index >= 15 is 0 Å². The number of carbonyl (C=O) groups is 4. The number of methoxy groups -OCH3 is 1. The van der Waals surface area contributed by atoms with E-state index in [9.17, 15) is 29.3 Å². The van der Waals surface area contributed by atoms with E-state index in [-0.39, 0.29) is 23.5 Å². The summed E-state index contributed by atoms with van der Waals surface area (Å²) < 4.78 is 10.3. The minimum absolute atomic E-state index is 0.0208. The molecule has 2 aliphatic rings. The van der Waals surface area contributed by atoms with E-state index in [0.717, 1.165) is 4.90 Å². The van der Waals surface area contributed by atoms with Gasteiger partial charge in [-0.25, -0.2) is 4.79 Å². The molecular weight excluding hydrogens is 482 g/mol. The van der Waals surface area contributed by atoms with Crippen LogP contribution in [-0.4, -0.2) is 53.3 Å². The molecule has 2 aromatic carbocycles. The number of rotatable bonds is 9. The van der Waals surface area contributed by atoms with Crippen molar-refractivity contribution >= 4 is 35.1 Å². The summed E-state index contributed by atoms with van der Waals surface area (Å²) in [4.78, 5) is 63.6. The summed E-state index contributed by atoms with van der Waals surface area (Å²) in [5.74, 6) is -3.40. The van der Waals surface area contributed by atoms with Gasteiger partial charge in [0.25, 0.3) is 11.6 Å². The summed E-state index contributed by atoms with van der Waals surface area (Å²) in [6.45, 7) is -0.775. The van der Waals surface area contributed by atoms with Gasteiger partial charge in [-0.05, 0) is 24.5 Å². The van der Waals surface area contributed by atoms with Gasteiger partial charge in [0, 0.05) is 18.6 Å². The second-order valence-corrected chi connectivity index (χ2v) is 8.70. The lowest BCUT2D eigenvalue weighted by molar-refractivity contribution is -0.383. The summed E-state index contributed by atoms with van der Waals surface area (Å²) in [5, 5.41) is 13.6. The maximum atomic E-state index is 13.2. The molecule has 11 heteroatoms. The number of amides is 3. The topological polar surface area (TPSA) is 145 Å². The van der Waals surface area contributed by atoms with E-state index in [4.69, 9.17) is 9.47 Å². The minimum Gasteiger partial charge on any atom is -0.497 e. The molecule has 4 rings (SSSR count). The highest BCUT2D eigenvalue weighted by Crippen LogP contribution is 2.37. The zero-order valence-corrected chi connectivity index (χ0v) is 20.0. The van der Waals surface area contributed by atoms with Gasteiger partial charge in [-0.15, -0.1) is 0 Å². The van der Waals surface area contributed by atoms with Crippen molar-refractivity contribution in [2.45, 2.75) is 25.3 Å². The Labute approximate surface area is 212 Å². The van der Waals surface area contributed by atoms with E-state index in [2.05, 4.69) is 5.32 Å². The number of esters is 1. The highest BCUT2D eigenvalue weighted by atomic mass is 16.6. The molecule has 1 fully saturated rings. The molecule has 1 aliphatic carbocycles. The molecule has 0 bridgehead atoms. The first kappa shape index (κ1) is 25.5. The van der Waals surface area contributed by atoms with Crippen molar-refractivity contribution in [3.63, 3.8) is 0 Å². The Morgan fingerprint density at radius 1 is 1.08 bits per heavy atom. The third-order valence-corrected chi connectivity index (χ3v) is 6.42. The number of imide groups is 1. The maximum absolute atomic E-state index is 13.2. The first-order chi connectivity index (χ1) is 17.8. The molecule has 1 N–H and O–H groups in total. The Balaban J connectivity index is 1.50. The first-order valence-corrected chi connectivity index (χ1v) is 11.6. The molecule has 3 amide bonds. The maximum Gasteiger partial charge on any atom is 0.330 e. The number of hydrogen-bond acceptors (Lipinski definition) is 8. The van der Waals surface area contributed by atoms with Gasteiger partial charge in [-0.3, -0.25) is 29.4 Å². The van der Waals surface area contributed by atoms with Gasteiger partial charge in [0.05, 0.1) is 23.9 Å². The Kier molecular flexibility index (Phi) is 7.61. The average molecular weight is 507 g/mol. The van der Waals surface area contributed by atoms with E-state index in [1.54, 1.807) is 30.3 Å². The van der Waals surface area contributed by atoms with Gasteiger partial charge in [0.2, 0.25) is 11.8 Å². The number of carbonyl (C=O) groups excluding carboxylic acids is 4. The lowest BCUT2D eigenvalue weighted by Gasteiger charge is -2.25. The summed E-state index contributed by atoms with van der Waals surface area (Å²) in [7, 11) is 1.37. The molecule has 0 radical (unpaired) electrons. The number of anilines is 1. The summed E-state index contributed by atoms with van der Waals surface area (Å²) >= 11 is 0. The molecule has 2 aromatic rings. The van der Waals surface area contributed by atoms with Crippen molar-refractivity contribution in [1.82, 2.24) is 4.90 Å². The zero-order valence-electron chi connectivity index (χ0n) is 20.0. The number of allylic oxidation sites excluding steroid dienone is 2. The van der Waals surface area contributed by atoms with Crippen LogP contribution in [0.15, 0.2) is 60.7 Å². The smallest absolute Gasteiger partial charge is 0.330 e. The third kappa shape index (κ3) is 5.50. The molecular formula is C26H25N3O8. The Morgan fingerprint density at radius 3 is 2.32 bits per heavy atom. The lowest BCUT2D eigenvalue weighted by atomic mass is 9.85. The minimum atomic E-state index is -1.26. The van der Waals surface area contributed by atoms with E-state index < -0.39 is 53.1 Å². The third-order valence-electron chi connectivity index (χ3n) is 6.42. The number of nitro benzene ring substituents is 1.